The second kappa shape index (κ2) is 8.98. The van der Waals surface area contributed by atoms with Gasteiger partial charge in [0.15, 0.2) is 6.29 Å². The molecule has 0 spiro atoms. The lowest BCUT2D eigenvalue weighted by molar-refractivity contribution is -0.116. The Morgan fingerprint density at radius 1 is 1.26 bits per heavy atom. The summed E-state index contributed by atoms with van der Waals surface area (Å²) in [7, 11) is 3.31. The van der Waals surface area contributed by atoms with Gasteiger partial charge in [-0.05, 0) is 24.2 Å². The minimum absolute atomic E-state index is 0.208. The maximum Gasteiger partial charge on any atom is 0.158 e. The van der Waals surface area contributed by atoms with E-state index in [1.165, 1.54) is 5.56 Å². The van der Waals surface area contributed by atoms with Gasteiger partial charge < -0.3 is 15.2 Å². The Kier molecular flexibility index (Phi) is 7.59. The van der Waals surface area contributed by atoms with Crippen LogP contribution in [0.2, 0.25) is 0 Å². The maximum atomic E-state index is 5.90. The van der Waals surface area contributed by atoms with Gasteiger partial charge in [0.1, 0.15) is 0 Å². The van der Waals surface area contributed by atoms with Crippen molar-refractivity contribution in [2.75, 3.05) is 27.3 Å². The predicted octanol–water partition coefficient (Wildman–Crippen LogP) is 1.24. The molecule has 1 heterocycles. The fourth-order valence-corrected chi connectivity index (χ4v) is 2.13. The summed E-state index contributed by atoms with van der Waals surface area (Å²) < 4.78 is 10.5. The average molecular weight is 267 g/mol. The molecule has 0 radical (unpaired) electrons. The van der Waals surface area contributed by atoms with Crippen LogP contribution < -0.4 is 5.73 Å². The van der Waals surface area contributed by atoms with E-state index in [9.17, 15) is 0 Å². The molecule has 1 aromatic rings. The highest BCUT2D eigenvalue weighted by Crippen LogP contribution is 2.13. The average Bonchev–Trinajstić information content (AvgIpc) is 2.48. The molecule has 0 bridgehead atoms. The molecule has 1 rings (SSSR count). The third-order valence-corrected chi connectivity index (χ3v) is 3.32. The van der Waals surface area contributed by atoms with E-state index in [-0.39, 0.29) is 12.3 Å². The standard InChI is InChI=1S/C14H25N3O2/c1-4-17(11-12-5-7-16-8-6-12)13(10-15)9-14(18-2)19-3/h5-8,13-14H,4,9-11,15H2,1-3H3. The van der Waals surface area contributed by atoms with E-state index in [4.69, 9.17) is 15.2 Å². The molecule has 0 aliphatic heterocycles. The van der Waals surface area contributed by atoms with Crippen LogP contribution in [0.5, 0.6) is 0 Å². The number of ether oxygens (including phenoxy) is 2. The number of methoxy groups -OCH3 is 2. The molecule has 108 valence electrons. The van der Waals surface area contributed by atoms with E-state index in [1.807, 2.05) is 24.5 Å². The van der Waals surface area contributed by atoms with Crippen molar-refractivity contribution in [3.8, 4) is 0 Å². The second-order valence-corrected chi connectivity index (χ2v) is 4.44. The molecule has 0 aliphatic carbocycles. The van der Waals surface area contributed by atoms with E-state index in [1.54, 1.807) is 14.2 Å². The third kappa shape index (κ3) is 5.24. The van der Waals surface area contributed by atoms with Gasteiger partial charge in [0.2, 0.25) is 0 Å². The monoisotopic (exact) mass is 267 g/mol. The first-order valence-electron chi connectivity index (χ1n) is 6.63. The molecule has 0 amide bonds. The summed E-state index contributed by atoms with van der Waals surface area (Å²) in [6.45, 7) is 4.52. The van der Waals surface area contributed by atoms with Gasteiger partial charge in [0.05, 0.1) is 0 Å². The van der Waals surface area contributed by atoms with E-state index < -0.39 is 0 Å². The Balaban J connectivity index is 2.64. The van der Waals surface area contributed by atoms with Gasteiger partial charge in [-0.1, -0.05) is 6.92 Å². The Hall–Kier alpha value is -1.01. The lowest BCUT2D eigenvalue weighted by atomic mass is 10.1. The molecule has 0 aromatic carbocycles. The van der Waals surface area contributed by atoms with Gasteiger partial charge >= 0.3 is 0 Å². The summed E-state index contributed by atoms with van der Waals surface area (Å²) >= 11 is 0. The van der Waals surface area contributed by atoms with E-state index in [0.29, 0.717) is 6.54 Å². The molecule has 0 aliphatic rings. The highest BCUT2D eigenvalue weighted by Gasteiger charge is 2.20. The number of nitrogens with zero attached hydrogens (tertiary/aromatic N) is 2. The molecular formula is C14H25N3O2. The first kappa shape index (κ1) is 16.0. The number of pyridine rings is 1. The minimum atomic E-state index is -0.208. The van der Waals surface area contributed by atoms with Crippen molar-refractivity contribution in [3.05, 3.63) is 30.1 Å². The van der Waals surface area contributed by atoms with Crippen LogP contribution in [0.3, 0.4) is 0 Å². The lowest BCUT2D eigenvalue weighted by Gasteiger charge is -2.31. The molecule has 19 heavy (non-hydrogen) atoms. The Morgan fingerprint density at radius 2 is 1.89 bits per heavy atom. The first-order chi connectivity index (χ1) is 9.24. The summed E-state index contributed by atoms with van der Waals surface area (Å²) in [6.07, 6.45) is 4.18. The van der Waals surface area contributed by atoms with Crippen molar-refractivity contribution in [2.45, 2.75) is 32.2 Å². The topological polar surface area (TPSA) is 60.6 Å². The summed E-state index contributed by atoms with van der Waals surface area (Å²) in [5.74, 6) is 0. The molecule has 5 nitrogen and oxygen atoms in total. The number of hydrogen-bond donors (Lipinski definition) is 1. The fraction of sp³-hybridized carbons (Fsp3) is 0.643. The van der Waals surface area contributed by atoms with Gasteiger partial charge in [0, 0.05) is 52.2 Å². The molecule has 0 fully saturated rings. The summed E-state index contributed by atoms with van der Waals surface area (Å²) in [6, 6.07) is 4.30. The lowest BCUT2D eigenvalue weighted by Crippen LogP contribution is -2.42. The Labute approximate surface area is 115 Å². The number of aromatic nitrogens is 1. The van der Waals surface area contributed by atoms with Crippen molar-refractivity contribution in [1.82, 2.24) is 9.88 Å². The van der Waals surface area contributed by atoms with Crippen LogP contribution in [0.15, 0.2) is 24.5 Å². The number of hydrogen-bond acceptors (Lipinski definition) is 5. The molecule has 5 heteroatoms. The highest BCUT2D eigenvalue weighted by atomic mass is 16.7. The predicted molar refractivity (Wildman–Crippen MR) is 75.6 cm³/mol. The fourth-order valence-electron chi connectivity index (χ4n) is 2.13. The zero-order valence-corrected chi connectivity index (χ0v) is 12.1. The van der Waals surface area contributed by atoms with Gasteiger partial charge in [0.25, 0.3) is 0 Å². The van der Waals surface area contributed by atoms with Crippen molar-refractivity contribution >= 4 is 0 Å². The summed E-state index contributed by atoms with van der Waals surface area (Å²) in [4.78, 5) is 6.37. The number of rotatable bonds is 9. The normalized spacial score (nSPS) is 13.2. The second-order valence-electron chi connectivity index (χ2n) is 4.44. The Bertz CT molecular complexity index is 331. The smallest absolute Gasteiger partial charge is 0.158 e. The van der Waals surface area contributed by atoms with Crippen molar-refractivity contribution in [1.29, 1.82) is 0 Å². The number of likely N-dealkylation sites (N-methyl/N-ethyl adjacent to an activating group) is 1. The Morgan fingerprint density at radius 3 is 2.37 bits per heavy atom. The molecule has 1 atom stereocenters. The van der Waals surface area contributed by atoms with Crippen LogP contribution in [0.4, 0.5) is 0 Å². The molecule has 0 saturated heterocycles. The van der Waals surface area contributed by atoms with Gasteiger partial charge in [-0.15, -0.1) is 0 Å². The maximum absolute atomic E-state index is 5.90. The first-order valence-corrected chi connectivity index (χ1v) is 6.63. The van der Waals surface area contributed by atoms with Crippen LogP contribution in [-0.4, -0.2) is 49.5 Å². The molecule has 2 N–H and O–H groups in total. The van der Waals surface area contributed by atoms with E-state index in [2.05, 4.69) is 16.8 Å². The van der Waals surface area contributed by atoms with Crippen LogP contribution >= 0.6 is 0 Å². The third-order valence-electron chi connectivity index (χ3n) is 3.32. The van der Waals surface area contributed by atoms with Gasteiger partial charge in [-0.3, -0.25) is 9.88 Å². The van der Waals surface area contributed by atoms with Crippen LogP contribution in [0.1, 0.15) is 18.9 Å². The minimum Gasteiger partial charge on any atom is -0.356 e. The number of nitrogens with two attached hydrogens (primary N) is 1. The van der Waals surface area contributed by atoms with Crippen LogP contribution in [-0.2, 0) is 16.0 Å². The summed E-state index contributed by atoms with van der Waals surface area (Å²) in [5, 5.41) is 0. The molecule has 1 aromatic heterocycles. The largest absolute Gasteiger partial charge is 0.356 e. The van der Waals surface area contributed by atoms with E-state index in [0.717, 1.165) is 19.5 Å². The van der Waals surface area contributed by atoms with Crippen molar-refractivity contribution in [3.63, 3.8) is 0 Å². The SMILES string of the molecule is CCN(Cc1ccncc1)C(CN)CC(OC)OC. The van der Waals surface area contributed by atoms with Crippen molar-refractivity contribution in [2.24, 2.45) is 5.73 Å². The van der Waals surface area contributed by atoms with Crippen molar-refractivity contribution < 1.29 is 9.47 Å². The quantitative estimate of drug-likeness (QED) is 0.682. The zero-order valence-electron chi connectivity index (χ0n) is 12.1. The molecule has 1 unspecified atom stereocenters. The van der Waals surface area contributed by atoms with Gasteiger partial charge in [-0.25, -0.2) is 0 Å². The van der Waals surface area contributed by atoms with Crippen LogP contribution in [0, 0.1) is 0 Å². The van der Waals surface area contributed by atoms with Crippen LogP contribution in [0.25, 0.3) is 0 Å². The summed E-state index contributed by atoms with van der Waals surface area (Å²) in [5.41, 5.74) is 7.13. The molecule has 0 saturated carbocycles. The zero-order chi connectivity index (χ0) is 14.1. The highest BCUT2D eigenvalue weighted by molar-refractivity contribution is 5.09. The van der Waals surface area contributed by atoms with E-state index >= 15 is 0 Å². The molecular weight excluding hydrogens is 242 g/mol. The van der Waals surface area contributed by atoms with Gasteiger partial charge in [-0.2, -0.15) is 0 Å².